The van der Waals surface area contributed by atoms with Crippen LogP contribution in [-0.2, 0) is 29.1 Å². The number of sulfone groups is 1. The van der Waals surface area contributed by atoms with Crippen LogP contribution >= 0.6 is 0 Å². The SMILES string of the molecule is CCc1nnc(CS(C)(=O)=O)n1C. The van der Waals surface area contributed by atoms with Crippen molar-refractivity contribution in [2.75, 3.05) is 6.26 Å². The van der Waals surface area contributed by atoms with Crippen LogP contribution in [0.1, 0.15) is 18.6 Å². The minimum atomic E-state index is -3.02. The highest BCUT2D eigenvalue weighted by atomic mass is 32.2. The molecule has 1 rings (SSSR count). The molecule has 0 radical (unpaired) electrons. The number of nitrogens with zero attached hydrogens (tertiary/aromatic N) is 3. The first-order valence-electron chi connectivity index (χ1n) is 3.99. The van der Waals surface area contributed by atoms with Crippen LogP contribution in [0.2, 0.25) is 0 Å². The van der Waals surface area contributed by atoms with Crippen molar-refractivity contribution in [2.24, 2.45) is 7.05 Å². The van der Waals surface area contributed by atoms with Crippen LogP contribution in [0, 0.1) is 0 Å². The molecule has 0 atom stereocenters. The zero-order valence-electron chi connectivity index (χ0n) is 7.98. The Morgan fingerprint density at radius 2 is 1.85 bits per heavy atom. The first kappa shape index (κ1) is 10.2. The monoisotopic (exact) mass is 203 g/mol. The fourth-order valence-electron chi connectivity index (χ4n) is 1.07. The highest BCUT2D eigenvalue weighted by molar-refractivity contribution is 7.89. The van der Waals surface area contributed by atoms with Crippen molar-refractivity contribution in [3.05, 3.63) is 11.6 Å². The van der Waals surface area contributed by atoms with Crippen molar-refractivity contribution in [3.8, 4) is 0 Å². The van der Waals surface area contributed by atoms with Gasteiger partial charge in [0.25, 0.3) is 0 Å². The summed E-state index contributed by atoms with van der Waals surface area (Å²) in [5.41, 5.74) is 0. The Kier molecular flexibility index (Phi) is 2.70. The van der Waals surface area contributed by atoms with E-state index in [-0.39, 0.29) is 5.75 Å². The second-order valence-corrected chi connectivity index (χ2v) is 5.16. The minimum Gasteiger partial charge on any atom is -0.317 e. The predicted octanol–water partition coefficient (Wildman–Crippen LogP) is -0.0779. The van der Waals surface area contributed by atoms with Crippen LogP contribution in [0.15, 0.2) is 0 Å². The van der Waals surface area contributed by atoms with Gasteiger partial charge >= 0.3 is 0 Å². The standard InChI is InChI=1S/C7H13N3O2S/c1-4-6-8-9-7(10(6)2)5-13(3,11)12/h4-5H2,1-3H3. The molecule has 1 aromatic rings. The van der Waals surface area contributed by atoms with Gasteiger partial charge in [0.05, 0.1) is 0 Å². The summed E-state index contributed by atoms with van der Waals surface area (Å²) in [6.45, 7) is 1.95. The van der Waals surface area contributed by atoms with E-state index in [0.717, 1.165) is 12.2 Å². The molecule has 0 saturated heterocycles. The van der Waals surface area contributed by atoms with Gasteiger partial charge in [-0.05, 0) is 0 Å². The third-order valence-electron chi connectivity index (χ3n) is 1.76. The van der Waals surface area contributed by atoms with Crippen LogP contribution in [0.25, 0.3) is 0 Å². The van der Waals surface area contributed by atoms with E-state index in [1.54, 1.807) is 11.6 Å². The van der Waals surface area contributed by atoms with Gasteiger partial charge in [0.15, 0.2) is 9.84 Å². The first-order chi connectivity index (χ1) is 5.94. The van der Waals surface area contributed by atoms with E-state index >= 15 is 0 Å². The Morgan fingerprint density at radius 1 is 1.31 bits per heavy atom. The maximum absolute atomic E-state index is 11.0. The molecule has 1 aromatic heterocycles. The lowest BCUT2D eigenvalue weighted by atomic mass is 10.4. The highest BCUT2D eigenvalue weighted by Gasteiger charge is 2.12. The number of aryl methyl sites for hydroxylation is 1. The van der Waals surface area contributed by atoms with Crippen molar-refractivity contribution in [2.45, 2.75) is 19.1 Å². The first-order valence-corrected chi connectivity index (χ1v) is 6.05. The summed E-state index contributed by atoms with van der Waals surface area (Å²) in [4.78, 5) is 0. The molecule has 0 bridgehead atoms. The number of hydrogen-bond donors (Lipinski definition) is 0. The lowest BCUT2D eigenvalue weighted by molar-refractivity contribution is 0.598. The molecule has 0 aliphatic carbocycles. The fraction of sp³-hybridized carbons (Fsp3) is 0.714. The molecule has 74 valence electrons. The quantitative estimate of drug-likeness (QED) is 0.689. The van der Waals surface area contributed by atoms with Gasteiger partial charge in [0.2, 0.25) is 0 Å². The Balaban J connectivity index is 2.97. The van der Waals surface area contributed by atoms with Crippen molar-refractivity contribution in [1.29, 1.82) is 0 Å². The fourth-order valence-corrected chi connectivity index (χ4v) is 1.79. The third-order valence-corrected chi connectivity index (χ3v) is 2.55. The van der Waals surface area contributed by atoms with Crippen LogP contribution in [0.5, 0.6) is 0 Å². The van der Waals surface area contributed by atoms with E-state index in [1.165, 1.54) is 6.26 Å². The van der Waals surface area contributed by atoms with Crippen molar-refractivity contribution in [1.82, 2.24) is 14.8 Å². The molecule has 0 unspecified atom stereocenters. The summed E-state index contributed by atoms with van der Waals surface area (Å²) in [5, 5.41) is 7.67. The molecule has 0 spiro atoms. The summed E-state index contributed by atoms with van der Waals surface area (Å²) >= 11 is 0. The molecule has 0 N–H and O–H groups in total. The summed E-state index contributed by atoms with van der Waals surface area (Å²) < 4.78 is 23.7. The molecule has 1 heterocycles. The van der Waals surface area contributed by atoms with E-state index in [0.29, 0.717) is 5.82 Å². The molecule has 0 fully saturated rings. The van der Waals surface area contributed by atoms with Crippen LogP contribution in [-0.4, -0.2) is 29.4 Å². The number of hydrogen-bond acceptors (Lipinski definition) is 4. The summed E-state index contributed by atoms with van der Waals surface area (Å²) in [5.74, 6) is 1.26. The molecule has 0 aliphatic heterocycles. The van der Waals surface area contributed by atoms with Gasteiger partial charge in [-0.2, -0.15) is 0 Å². The van der Waals surface area contributed by atoms with Gasteiger partial charge in [0, 0.05) is 19.7 Å². The second kappa shape index (κ2) is 3.45. The molecular weight excluding hydrogens is 190 g/mol. The number of rotatable bonds is 3. The minimum absolute atomic E-state index is 0.0451. The van der Waals surface area contributed by atoms with Gasteiger partial charge in [-0.15, -0.1) is 10.2 Å². The predicted molar refractivity (Wildman–Crippen MR) is 48.9 cm³/mol. The van der Waals surface area contributed by atoms with Crippen molar-refractivity contribution >= 4 is 9.84 Å². The van der Waals surface area contributed by atoms with Crippen molar-refractivity contribution < 1.29 is 8.42 Å². The summed E-state index contributed by atoms with van der Waals surface area (Å²) in [6.07, 6.45) is 1.95. The Labute approximate surface area is 77.7 Å². The molecule has 0 aromatic carbocycles. The van der Waals surface area contributed by atoms with E-state index < -0.39 is 9.84 Å². The molecule has 0 saturated carbocycles. The molecular formula is C7H13N3O2S. The molecule has 6 heteroatoms. The lowest BCUT2D eigenvalue weighted by Crippen LogP contribution is -2.08. The largest absolute Gasteiger partial charge is 0.317 e. The van der Waals surface area contributed by atoms with Gasteiger partial charge in [0.1, 0.15) is 17.4 Å². The normalized spacial score (nSPS) is 11.9. The topological polar surface area (TPSA) is 64.8 Å². The summed E-state index contributed by atoms with van der Waals surface area (Å²) in [6, 6.07) is 0. The van der Waals surface area contributed by atoms with E-state index in [1.807, 2.05) is 6.92 Å². The average molecular weight is 203 g/mol. The van der Waals surface area contributed by atoms with Gasteiger partial charge < -0.3 is 4.57 Å². The van der Waals surface area contributed by atoms with Gasteiger partial charge in [-0.25, -0.2) is 8.42 Å². The maximum Gasteiger partial charge on any atom is 0.154 e. The molecule has 5 nitrogen and oxygen atoms in total. The van der Waals surface area contributed by atoms with Gasteiger partial charge in [-0.1, -0.05) is 6.92 Å². The van der Waals surface area contributed by atoms with E-state index in [9.17, 15) is 8.42 Å². The highest BCUT2D eigenvalue weighted by Crippen LogP contribution is 2.03. The van der Waals surface area contributed by atoms with E-state index in [4.69, 9.17) is 0 Å². The molecule has 13 heavy (non-hydrogen) atoms. The van der Waals surface area contributed by atoms with Crippen molar-refractivity contribution in [3.63, 3.8) is 0 Å². The van der Waals surface area contributed by atoms with Crippen LogP contribution < -0.4 is 0 Å². The third kappa shape index (κ3) is 2.51. The Morgan fingerprint density at radius 3 is 2.23 bits per heavy atom. The van der Waals surface area contributed by atoms with E-state index in [2.05, 4.69) is 10.2 Å². The number of aromatic nitrogens is 3. The Bertz CT molecular complexity index is 394. The zero-order valence-corrected chi connectivity index (χ0v) is 8.80. The second-order valence-electron chi connectivity index (χ2n) is 3.02. The average Bonchev–Trinajstić information content (AvgIpc) is 2.30. The smallest absolute Gasteiger partial charge is 0.154 e. The molecule has 0 aliphatic rings. The zero-order chi connectivity index (χ0) is 10.1. The molecule has 0 amide bonds. The summed E-state index contributed by atoms with van der Waals surface area (Å²) in [7, 11) is -1.24. The lowest BCUT2D eigenvalue weighted by Gasteiger charge is -2.00. The van der Waals surface area contributed by atoms with Crippen LogP contribution in [0.3, 0.4) is 0 Å². The Hall–Kier alpha value is -0.910. The van der Waals surface area contributed by atoms with Crippen LogP contribution in [0.4, 0.5) is 0 Å². The van der Waals surface area contributed by atoms with Gasteiger partial charge in [-0.3, -0.25) is 0 Å². The maximum atomic E-state index is 11.0.